The van der Waals surface area contributed by atoms with E-state index in [1.807, 2.05) is 6.92 Å². The summed E-state index contributed by atoms with van der Waals surface area (Å²) in [6.45, 7) is 4.74. The third-order valence-electron chi connectivity index (χ3n) is 3.87. The Bertz CT molecular complexity index is 612. The van der Waals surface area contributed by atoms with Gasteiger partial charge in [-0.05, 0) is 50.4 Å². The van der Waals surface area contributed by atoms with Gasteiger partial charge < -0.3 is 5.32 Å². The smallest absolute Gasteiger partial charge is 0.243 e. The quantitative estimate of drug-likeness (QED) is 0.840. The average molecular weight is 314 g/mol. The Morgan fingerprint density at radius 1 is 1.38 bits per heavy atom. The molecular weight excluding hydrogens is 291 g/mol. The first-order valence-corrected chi connectivity index (χ1v) is 8.78. The first-order chi connectivity index (χ1) is 9.90. The summed E-state index contributed by atoms with van der Waals surface area (Å²) in [7, 11) is -1.89. The molecular formula is C15H23FN2O2S. The second kappa shape index (κ2) is 6.42. The zero-order chi connectivity index (χ0) is 15.6. The van der Waals surface area contributed by atoms with Crippen LogP contribution in [-0.2, 0) is 16.6 Å². The first-order valence-electron chi connectivity index (χ1n) is 7.34. The molecule has 1 aromatic rings. The van der Waals surface area contributed by atoms with Crippen LogP contribution in [0, 0.1) is 18.7 Å². The Labute approximate surface area is 126 Å². The van der Waals surface area contributed by atoms with Crippen LogP contribution in [-0.4, -0.2) is 32.9 Å². The van der Waals surface area contributed by atoms with Gasteiger partial charge in [-0.25, -0.2) is 12.8 Å². The average Bonchev–Trinajstić information content (AvgIpc) is 3.23. The molecule has 0 saturated heterocycles. The SMILES string of the molecule is CCN(CC1CC1)S(=O)(=O)c1cc(CNC)cc(F)c1C. The minimum Gasteiger partial charge on any atom is -0.316 e. The molecule has 1 saturated carbocycles. The molecule has 0 atom stereocenters. The number of nitrogens with zero attached hydrogens (tertiary/aromatic N) is 1. The highest BCUT2D eigenvalue weighted by atomic mass is 32.2. The lowest BCUT2D eigenvalue weighted by molar-refractivity contribution is 0.411. The summed E-state index contributed by atoms with van der Waals surface area (Å²) in [4.78, 5) is 0.0928. The predicted molar refractivity (Wildman–Crippen MR) is 81.1 cm³/mol. The van der Waals surface area contributed by atoms with Crippen LogP contribution in [0.25, 0.3) is 0 Å². The first kappa shape index (κ1) is 16.4. The molecule has 0 aromatic heterocycles. The summed E-state index contributed by atoms with van der Waals surface area (Å²) in [6.07, 6.45) is 2.16. The van der Waals surface area contributed by atoms with Crippen LogP contribution in [0.1, 0.15) is 30.9 Å². The number of nitrogens with one attached hydrogen (secondary N) is 1. The topological polar surface area (TPSA) is 49.4 Å². The van der Waals surface area contributed by atoms with Crippen LogP contribution in [0.15, 0.2) is 17.0 Å². The molecule has 4 nitrogen and oxygen atoms in total. The lowest BCUT2D eigenvalue weighted by Gasteiger charge is -2.22. The molecule has 1 fully saturated rings. The molecule has 0 heterocycles. The standard InChI is InChI=1S/C15H23FN2O2S/c1-4-18(10-12-5-6-12)21(19,20)15-8-13(9-17-3)7-14(16)11(15)2/h7-8,12,17H,4-6,9-10H2,1-3H3. The Hall–Kier alpha value is -0.980. The van der Waals surface area contributed by atoms with Crippen LogP contribution in [0.3, 0.4) is 0 Å². The Kier molecular flexibility index (Phi) is 5.01. The summed E-state index contributed by atoms with van der Waals surface area (Å²) in [5.41, 5.74) is 0.839. The fourth-order valence-electron chi connectivity index (χ4n) is 2.41. The van der Waals surface area contributed by atoms with Crippen molar-refractivity contribution in [3.8, 4) is 0 Å². The van der Waals surface area contributed by atoms with Crippen LogP contribution in [0.4, 0.5) is 4.39 Å². The fourth-order valence-corrected chi connectivity index (χ4v) is 4.22. The third-order valence-corrected chi connectivity index (χ3v) is 5.93. The summed E-state index contributed by atoms with van der Waals surface area (Å²) in [6, 6.07) is 2.97. The molecule has 21 heavy (non-hydrogen) atoms. The van der Waals surface area contributed by atoms with Gasteiger partial charge in [-0.1, -0.05) is 6.92 Å². The minimum atomic E-state index is -3.63. The van der Waals surface area contributed by atoms with E-state index in [-0.39, 0.29) is 10.5 Å². The fraction of sp³-hybridized carbons (Fsp3) is 0.600. The monoisotopic (exact) mass is 314 g/mol. The highest BCUT2D eigenvalue weighted by Gasteiger charge is 2.32. The van der Waals surface area contributed by atoms with Crippen molar-refractivity contribution in [2.24, 2.45) is 5.92 Å². The molecule has 2 rings (SSSR count). The van der Waals surface area contributed by atoms with E-state index in [9.17, 15) is 12.8 Å². The second-order valence-corrected chi connectivity index (χ2v) is 7.54. The maximum Gasteiger partial charge on any atom is 0.243 e. The number of sulfonamides is 1. The van der Waals surface area contributed by atoms with E-state index in [2.05, 4.69) is 5.32 Å². The molecule has 0 unspecified atom stereocenters. The van der Waals surface area contributed by atoms with Gasteiger partial charge in [-0.15, -0.1) is 0 Å². The van der Waals surface area contributed by atoms with Crippen LogP contribution < -0.4 is 5.32 Å². The third kappa shape index (κ3) is 3.62. The molecule has 6 heteroatoms. The lowest BCUT2D eigenvalue weighted by Crippen LogP contribution is -2.33. The van der Waals surface area contributed by atoms with Crippen LogP contribution in [0.2, 0.25) is 0 Å². The van der Waals surface area contributed by atoms with Crippen molar-refractivity contribution < 1.29 is 12.8 Å². The summed E-state index contributed by atoms with van der Waals surface area (Å²) < 4.78 is 41.1. The molecule has 0 bridgehead atoms. The lowest BCUT2D eigenvalue weighted by atomic mass is 10.1. The molecule has 0 amide bonds. The van der Waals surface area contributed by atoms with Gasteiger partial charge >= 0.3 is 0 Å². The zero-order valence-corrected chi connectivity index (χ0v) is 13.6. The van der Waals surface area contributed by atoms with Crippen LogP contribution >= 0.6 is 0 Å². The van der Waals surface area contributed by atoms with Crippen molar-refractivity contribution in [2.75, 3.05) is 20.1 Å². The maximum atomic E-state index is 14.0. The van der Waals surface area contributed by atoms with Gasteiger partial charge in [-0.3, -0.25) is 0 Å². The highest BCUT2D eigenvalue weighted by Crippen LogP contribution is 2.32. The molecule has 1 aromatic carbocycles. The van der Waals surface area contributed by atoms with E-state index in [0.717, 1.165) is 12.8 Å². The summed E-state index contributed by atoms with van der Waals surface area (Å²) in [5.74, 6) is -0.00540. The van der Waals surface area contributed by atoms with Gasteiger partial charge in [0.1, 0.15) is 5.82 Å². The number of hydrogen-bond acceptors (Lipinski definition) is 3. The van der Waals surface area contributed by atoms with Crippen molar-refractivity contribution in [2.45, 2.75) is 38.1 Å². The minimum absolute atomic E-state index is 0.0928. The van der Waals surface area contributed by atoms with E-state index in [1.165, 1.54) is 17.3 Å². The van der Waals surface area contributed by atoms with Gasteiger partial charge in [0.15, 0.2) is 0 Å². The number of hydrogen-bond donors (Lipinski definition) is 1. The Balaban J connectivity index is 2.41. The van der Waals surface area contributed by atoms with E-state index in [1.54, 1.807) is 13.1 Å². The second-order valence-electron chi connectivity index (χ2n) is 5.63. The number of benzene rings is 1. The molecule has 1 N–H and O–H groups in total. The molecule has 0 aliphatic heterocycles. The summed E-state index contributed by atoms with van der Waals surface area (Å²) in [5, 5.41) is 2.92. The largest absolute Gasteiger partial charge is 0.316 e. The van der Waals surface area contributed by atoms with Crippen molar-refractivity contribution in [1.29, 1.82) is 0 Å². The zero-order valence-electron chi connectivity index (χ0n) is 12.8. The van der Waals surface area contributed by atoms with E-state index in [4.69, 9.17) is 0 Å². The summed E-state index contributed by atoms with van der Waals surface area (Å²) >= 11 is 0. The van der Waals surface area contributed by atoms with Gasteiger partial charge in [-0.2, -0.15) is 4.31 Å². The van der Waals surface area contributed by atoms with Crippen molar-refractivity contribution >= 4 is 10.0 Å². The highest BCUT2D eigenvalue weighted by molar-refractivity contribution is 7.89. The van der Waals surface area contributed by atoms with Gasteiger partial charge in [0.2, 0.25) is 10.0 Å². The van der Waals surface area contributed by atoms with Gasteiger partial charge in [0.05, 0.1) is 4.90 Å². The van der Waals surface area contributed by atoms with E-state index >= 15 is 0 Å². The normalized spacial score (nSPS) is 15.7. The molecule has 118 valence electrons. The van der Waals surface area contributed by atoms with Crippen LogP contribution in [0.5, 0.6) is 0 Å². The van der Waals surface area contributed by atoms with E-state index in [0.29, 0.717) is 31.1 Å². The Morgan fingerprint density at radius 2 is 2.05 bits per heavy atom. The Morgan fingerprint density at radius 3 is 2.57 bits per heavy atom. The van der Waals surface area contributed by atoms with Gasteiger partial charge in [0.25, 0.3) is 0 Å². The molecule has 1 aliphatic rings. The molecule has 0 radical (unpaired) electrons. The number of rotatable bonds is 7. The number of halogens is 1. The maximum absolute atomic E-state index is 14.0. The van der Waals surface area contributed by atoms with Crippen molar-refractivity contribution in [3.63, 3.8) is 0 Å². The molecule has 0 spiro atoms. The molecule has 1 aliphatic carbocycles. The van der Waals surface area contributed by atoms with E-state index < -0.39 is 15.8 Å². The predicted octanol–water partition coefficient (Wildman–Crippen LogP) is 2.27. The van der Waals surface area contributed by atoms with Crippen molar-refractivity contribution in [3.05, 3.63) is 29.1 Å². The van der Waals surface area contributed by atoms with Crippen molar-refractivity contribution in [1.82, 2.24) is 9.62 Å². The van der Waals surface area contributed by atoms with Gasteiger partial charge in [0, 0.05) is 25.2 Å².